The molecule has 0 atom stereocenters. The van der Waals surface area contributed by atoms with Gasteiger partial charge in [0.25, 0.3) is 0 Å². The van der Waals surface area contributed by atoms with E-state index in [-0.39, 0.29) is 23.0 Å². The fraction of sp³-hybridized carbons (Fsp3) is 0.0500. The summed E-state index contributed by atoms with van der Waals surface area (Å²) < 4.78 is 34.9. The van der Waals surface area contributed by atoms with E-state index in [1.54, 1.807) is 18.5 Å². The molecule has 2 N–H and O–H groups in total. The van der Waals surface area contributed by atoms with Crippen molar-refractivity contribution in [1.29, 1.82) is 0 Å². The van der Waals surface area contributed by atoms with Crippen LogP contribution in [0, 0.1) is 11.6 Å². The summed E-state index contributed by atoms with van der Waals surface area (Å²) in [6.45, 7) is -0.148. The Kier molecular flexibility index (Phi) is 4.55. The number of H-pyrrole nitrogens is 1. The molecule has 0 amide bonds. The van der Waals surface area contributed by atoms with Crippen LogP contribution in [0.25, 0.3) is 22.0 Å². The van der Waals surface area contributed by atoms with Gasteiger partial charge in [0.15, 0.2) is 5.75 Å². The Balaban J connectivity index is 1.82. The highest BCUT2D eigenvalue weighted by atomic mass is 19.1. The smallest absolute Gasteiger partial charge is 0.449 e. The lowest BCUT2D eigenvalue weighted by Gasteiger charge is -2.14. The molecule has 0 aliphatic heterocycles. The van der Waals surface area contributed by atoms with E-state index in [4.69, 9.17) is 5.11 Å². The monoisotopic (exact) mass is 397 g/mol. The molecule has 0 fully saturated rings. The van der Waals surface area contributed by atoms with E-state index in [2.05, 4.69) is 14.9 Å². The Hall–Kier alpha value is -4.01. The normalized spacial score (nSPS) is 11.0. The van der Waals surface area contributed by atoms with Crippen LogP contribution in [0.4, 0.5) is 13.6 Å². The summed E-state index contributed by atoms with van der Waals surface area (Å²) in [5, 5.41) is 15.2. The predicted molar refractivity (Wildman–Crippen MR) is 99.9 cm³/mol. The van der Waals surface area contributed by atoms with E-state index in [9.17, 15) is 18.4 Å². The minimum absolute atomic E-state index is 0.0702. The van der Waals surface area contributed by atoms with Gasteiger partial charge in [-0.15, -0.1) is 0 Å². The van der Waals surface area contributed by atoms with Crippen molar-refractivity contribution in [2.75, 3.05) is 0 Å². The predicted octanol–water partition coefficient (Wildman–Crippen LogP) is 3.77. The number of carboxylic acid groups (broad SMARTS) is 1. The third-order valence-corrected chi connectivity index (χ3v) is 4.44. The van der Waals surface area contributed by atoms with E-state index in [0.717, 1.165) is 12.3 Å². The molecule has 0 unspecified atom stereocenters. The molecule has 0 bridgehead atoms. The lowest BCUT2D eigenvalue weighted by molar-refractivity contribution is 0.144. The van der Waals surface area contributed by atoms with Gasteiger partial charge in [0.1, 0.15) is 11.6 Å². The van der Waals surface area contributed by atoms with Gasteiger partial charge in [0, 0.05) is 17.3 Å². The zero-order valence-corrected chi connectivity index (χ0v) is 14.7. The summed E-state index contributed by atoms with van der Waals surface area (Å²) in [7, 11) is 0. The van der Waals surface area contributed by atoms with E-state index in [1.165, 1.54) is 28.8 Å². The first kappa shape index (κ1) is 18.4. The summed E-state index contributed by atoms with van der Waals surface area (Å²) in [6, 6.07) is 8.36. The average molecular weight is 397 g/mol. The van der Waals surface area contributed by atoms with Gasteiger partial charge in [-0.05, 0) is 23.8 Å². The largest absolute Gasteiger partial charge is 0.511 e. The Morgan fingerprint density at radius 2 is 2.00 bits per heavy atom. The van der Waals surface area contributed by atoms with Gasteiger partial charge in [-0.2, -0.15) is 5.10 Å². The van der Waals surface area contributed by atoms with E-state index in [1.807, 2.05) is 0 Å². The second kappa shape index (κ2) is 7.19. The Bertz CT molecular complexity index is 1280. The minimum Gasteiger partial charge on any atom is -0.449 e. The fourth-order valence-corrected chi connectivity index (χ4v) is 3.13. The van der Waals surface area contributed by atoms with Crippen molar-refractivity contribution in [3.05, 3.63) is 82.4 Å². The standard InChI is InChI=1S/C20H13F2N3O4/c21-15-3-1-2-14-18(15)25(10-17(19(14)26)29-20(27)28)9-12-5-4-11(6-16(12)22)13-7-23-24-8-13/h1-8,10H,9H2,(H,23,24)(H,27,28). The number of nitrogens with zero attached hydrogens (tertiary/aromatic N) is 2. The molecule has 4 aromatic rings. The molecule has 0 aliphatic carbocycles. The van der Waals surface area contributed by atoms with Crippen molar-refractivity contribution in [3.63, 3.8) is 0 Å². The van der Waals surface area contributed by atoms with Crippen LogP contribution in [0.15, 0.2) is 59.8 Å². The molecule has 2 heterocycles. The van der Waals surface area contributed by atoms with Crippen LogP contribution < -0.4 is 10.2 Å². The Morgan fingerprint density at radius 1 is 1.17 bits per heavy atom. The number of fused-ring (bicyclic) bond motifs is 1. The molecule has 4 rings (SSSR count). The van der Waals surface area contributed by atoms with Crippen molar-refractivity contribution in [2.45, 2.75) is 6.54 Å². The van der Waals surface area contributed by atoms with E-state index >= 15 is 0 Å². The van der Waals surface area contributed by atoms with Crippen LogP contribution in [0.2, 0.25) is 0 Å². The summed E-state index contributed by atoms with van der Waals surface area (Å²) in [4.78, 5) is 23.3. The highest BCUT2D eigenvalue weighted by Gasteiger charge is 2.17. The Morgan fingerprint density at radius 3 is 2.69 bits per heavy atom. The molecule has 2 aromatic heterocycles. The molecular weight excluding hydrogens is 384 g/mol. The molecule has 0 saturated carbocycles. The molecule has 2 aromatic carbocycles. The maximum Gasteiger partial charge on any atom is 0.511 e. The number of hydrogen-bond donors (Lipinski definition) is 2. The minimum atomic E-state index is -1.68. The van der Waals surface area contributed by atoms with Gasteiger partial charge in [-0.25, -0.2) is 13.6 Å². The zero-order valence-electron chi connectivity index (χ0n) is 14.7. The van der Waals surface area contributed by atoms with Crippen LogP contribution in [0.3, 0.4) is 0 Å². The van der Waals surface area contributed by atoms with Crippen LogP contribution in [-0.4, -0.2) is 26.0 Å². The third kappa shape index (κ3) is 3.45. The molecule has 0 saturated heterocycles. The number of ether oxygens (including phenoxy) is 1. The summed E-state index contributed by atoms with van der Waals surface area (Å²) in [5.74, 6) is -1.74. The molecule has 0 spiro atoms. The van der Waals surface area contributed by atoms with E-state index < -0.39 is 29.0 Å². The van der Waals surface area contributed by atoms with Gasteiger partial charge < -0.3 is 14.4 Å². The lowest BCUT2D eigenvalue weighted by Crippen LogP contribution is -2.17. The number of aromatic nitrogens is 3. The number of nitrogens with one attached hydrogen (secondary N) is 1. The van der Waals surface area contributed by atoms with Gasteiger partial charge in [-0.3, -0.25) is 9.89 Å². The number of pyridine rings is 1. The molecule has 0 aliphatic rings. The fourth-order valence-electron chi connectivity index (χ4n) is 3.13. The van der Waals surface area contributed by atoms with Crippen LogP contribution in [0.5, 0.6) is 5.75 Å². The molecule has 0 radical (unpaired) electrons. The van der Waals surface area contributed by atoms with Crippen molar-refractivity contribution in [3.8, 4) is 16.9 Å². The van der Waals surface area contributed by atoms with Gasteiger partial charge in [0.2, 0.25) is 5.43 Å². The van der Waals surface area contributed by atoms with Crippen molar-refractivity contribution >= 4 is 17.1 Å². The molecule has 146 valence electrons. The number of halogens is 2. The molecule has 9 heteroatoms. The number of benzene rings is 2. The van der Waals surface area contributed by atoms with Gasteiger partial charge >= 0.3 is 6.16 Å². The second-order valence-electron chi connectivity index (χ2n) is 6.25. The van der Waals surface area contributed by atoms with Crippen molar-refractivity contribution in [1.82, 2.24) is 14.8 Å². The van der Waals surface area contributed by atoms with Crippen LogP contribution in [-0.2, 0) is 6.54 Å². The van der Waals surface area contributed by atoms with Gasteiger partial charge in [-0.1, -0.05) is 18.2 Å². The number of carbonyl (C=O) groups is 1. The summed E-state index contributed by atoms with van der Waals surface area (Å²) in [6.07, 6.45) is 2.55. The number of rotatable bonds is 4. The first-order chi connectivity index (χ1) is 13.9. The van der Waals surface area contributed by atoms with Crippen LogP contribution >= 0.6 is 0 Å². The molecule has 7 nitrogen and oxygen atoms in total. The summed E-state index contributed by atoms with van der Waals surface area (Å²) >= 11 is 0. The first-order valence-electron chi connectivity index (χ1n) is 8.44. The summed E-state index contributed by atoms with van der Waals surface area (Å²) in [5.41, 5.74) is 0.674. The molecule has 29 heavy (non-hydrogen) atoms. The van der Waals surface area contributed by atoms with Crippen LogP contribution in [0.1, 0.15) is 5.56 Å². The van der Waals surface area contributed by atoms with Crippen molar-refractivity contribution in [2.24, 2.45) is 0 Å². The first-order valence-corrected chi connectivity index (χ1v) is 8.44. The number of para-hydroxylation sites is 1. The third-order valence-electron chi connectivity index (χ3n) is 4.44. The highest BCUT2D eigenvalue weighted by Crippen LogP contribution is 2.24. The average Bonchev–Trinajstić information content (AvgIpc) is 3.21. The quantitative estimate of drug-likeness (QED) is 0.511. The molecular formula is C20H13F2N3O4. The van der Waals surface area contributed by atoms with Crippen molar-refractivity contribution < 1.29 is 23.4 Å². The number of aromatic amines is 1. The SMILES string of the molecule is O=C(O)Oc1cn(Cc2ccc(-c3cn[nH]c3)cc2F)c2c(F)cccc2c1=O. The maximum atomic E-state index is 14.7. The van der Waals surface area contributed by atoms with E-state index in [0.29, 0.717) is 11.1 Å². The highest BCUT2D eigenvalue weighted by molar-refractivity contribution is 5.81. The number of hydrogen-bond acceptors (Lipinski definition) is 4. The topological polar surface area (TPSA) is 97.2 Å². The maximum absolute atomic E-state index is 14.7. The lowest BCUT2D eigenvalue weighted by atomic mass is 10.1. The Labute approximate surface area is 161 Å². The van der Waals surface area contributed by atoms with Gasteiger partial charge in [0.05, 0.1) is 29.8 Å². The second-order valence-corrected chi connectivity index (χ2v) is 6.25. The zero-order chi connectivity index (χ0) is 20.5.